The van der Waals surface area contributed by atoms with Gasteiger partial charge in [-0.3, -0.25) is 0 Å². The van der Waals surface area contributed by atoms with E-state index in [9.17, 15) is 4.39 Å². The summed E-state index contributed by atoms with van der Waals surface area (Å²) >= 11 is 0. The minimum atomic E-state index is -0.339. The molecule has 0 radical (unpaired) electrons. The van der Waals surface area contributed by atoms with Crippen LogP contribution in [0.25, 0.3) is 0 Å². The normalized spacial score (nSPS) is 19.0. The van der Waals surface area contributed by atoms with Gasteiger partial charge in [0.1, 0.15) is 0 Å². The lowest BCUT2D eigenvalue weighted by atomic mass is 9.87. The molecule has 1 aromatic rings. The molecule has 1 atom stereocenters. The quantitative estimate of drug-likeness (QED) is 0.880. The minimum absolute atomic E-state index is 0.255. The zero-order valence-electron chi connectivity index (χ0n) is 9.99. The summed E-state index contributed by atoms with van der Waals surface area (Å²) in [6, 6.07) is 4.83. The predicted octanol–water partition coefficient (Wildman–Crippen LogP) is 2.26. The molecule has 0 aliphatic carbocycles. The Hall–Kier alpha value is -1.13. The lowest BCUT2D eigenvalue weighted by molar-refractivity contribution is 0.0579. The van der Waals surface area contributed by atoms with Gasteiger partial charge in [-0.05, 0) is 24.8 Å². The topological polar surface area (TPSA) is 44.5 Å². The lowest BCUT2D eigenvalue weighted by Crippen LogP contribution is -2.28. The van der Waals surface area contributed by atoms with Crippen molar-refractivity contribution >= 4 is 0 Å². The lowest BCUT2D eigenvalue weighted by Gasteiger charge is -2.28. The molecule has 1 fully saturated rings. The highest BCUT2D eigenvalue weighted by atomic mass is 19.1. The number of rotatable bonds is 3. The van der Waals surface area contributed by atoms with Gasteiger partial charge < -0.3 is 15.2 Å². The minimum Gasteiger partial charge on any atom is -0.494 e. The average molecular weight is 239 g/mol. The van der Waals surface area contributed by atoms with Crippen molar-refractivity contribution in [1.29, 1.82) is 0 Å². The Labute approximate surface area is 101 Å². The van der Waals surface area contributed by atoms with Gasteiger partial charge >= 0.3 is 0 Å². The Morgan fingerprint density at radius 3 is 2.76 bits per heavy atom. The average Bonchev–Trinajstić information content (AvgIpc) is 2.39. The molecule has 0 unspecified atom stereocenters. The number of nitrogens with two attached hydrogens (primary N) is 1. The van der Waals surface area contributed by atoms with Gasteiger partial charge in [0, 0.05) is 24.8 Å². The first kappa shape index (κ1) is 12.3. The molecule has 0 bridgehead atoms. The molecule has 0 spiro atoms. The Morgan fingerprint density at radius 1 is 1.41 bits per heavy atom. The summed E-state index contributed by atoms with van der Waals surface area (Å²) in [6.07, 6.45) is 1.77. The van der Waals surface area contributed by atoms with E-state index in [2.05, 4.69) is 0 Å². The molecule has 17 heavy (non-hydrogen) atoms. The van der Waals surface area contributed by atoms with Crippen molar-refractivity contribution in [2.24, 2.45) is 11.7 Å². The largest absolute Gasteiger partial charge is 0.494 e. The van der Waals surface area contributed by atoms with Crippen LogP contribution in [0, 0.1) is 11.7 Å². The molecule has 2 N–H and O–H groups in total. The standard InChI is InChI=1S/C13H18FNO2/c1-16-11-4-2-3-10(12(11)14)13(15)9-5-7-17-8-6-9/h2-4,9,13H,5-8,15H2,1H3/t13-/m0/s1. The molecule has 0 amide bonds. The summed E-state index contributed by atoms with van der Waals surface area (Å²) in [5, 5.41) is 0. The first-order chi connectivity index (χ1) is 8.24. The summed E-state index contributed by atoms with van der Waals surface area (Å²) in [4.78, 5) is 0. The Balaban J connectivity index is 2.20. The smallest absolute Gasteiger partial charge is 0.169 e. The molecular weight excluding hydrogens is 221 g/mol. The molecule has 94 valence electrons. The molecule has 4 heteroatoms. The van der Waals surface area contributed by atoms with Gasteiger partial charge in [-0.25, -0.2) is 4.39 Å². The van der Waals surface area contributed by atoms with Crippen LogP contribution in [0.15, 0.2) is 18.2 Å². The summed E-state index contributed by atoms with van der Waals surface area (Å²) in [5.74, 6) is 0.198. The van der Waals surface area contributed by atoms with Crippen molar-refractivity contribution in [2.75, 3.05) is 20.3 Å². The Kier molecular flexibility index (Phi) is 3.97. The van der Waals surface area contributed by atoms with Gasteiger partial charge in [0.25, 0.3) is 0 Å². The number of ether oxygens (including phenoxy) is 2. The molecule has 0 aromatic heterocycles. The summed E-state index contributed by atoms with van der Waals surface area (Å²) in [7, 11) is 1.46. The van der Waals surface area contributed by atoms with Crippen LogP contribution in [-0.4, -0.2) is 20.3 Å². The van der Waals surface area contributed by atoms with Crippen LogP contribution in [0.5, 0.6) is 5.75 Å². The van der Waals surface area contributed by atoms with E-state index in [0.29, 0.717) is 18.8 Å². The highest BCUT2D eigenvalue weighted by Gasteiger charge is 2.25. The van der Waals surface area contributed by atoms with Crippen molar-refractivity contribution in [2.45, 2.75) is 18.9 Å². The maximum atomic E-state index is 14.0. The van der Waals surface area contributed by atoms with Crippen molar-refractivity contribution in [3.05, 3.63) is 29.6 Å². The second kappa shape index (κ2) is 5.47. The van der Waals surface area contributed by atoms with Crippen molar-refractivity contribution in [1.82, 2.24) is 0 Å². The van der Waals surface area contributed by atoms with Crippen LogP contribution >= 0.6 is 0 Å². The van der Waals surface area contributed by atoms with Gasteiger partial charge in [-0.15, -0.1) is 0 Å². The number of hydrogen-bond acceptors (Lipinski definition) is 3. The van der Waals surface area contributed by atoms with Gasteiger partial charge in [0.2, 0.25) is 0 Å². The second-order valence-electron chi connectivity index (χ2n) is 4.34. The number of benzene rings is 1. The monoisotopic (exact) mass is 239 g/mol. The van der Waals surface area contributed by atoms with Crippen LogP contribution in [0.3, 0.4) is 0 Å². The Morgan fingerprint density at radius 2 is 2.12 bits per heavy atom. The molecule has 1 saturated heterocycles. The fraction of sp³-hybridized carbons (Fsp3) is 0.538. The third-order valence-electron chi connectivity index (χ3n) is 3.35. The summed E-state index contributed by atoms with van der Waals surface area (Å²) in [6.45, 7) is 1.42. The van der Waals surface area contributed by atoms with Crippen LogP contribution in [0.2, 0.25) is 0 Å². The van der Waals surface area contributed by atoms with Crippen LogP contribution in [0.4, 0.5) is 4.39 Å². The molecule has 1 aliphatic heterocycles. The van der Waals surface area contributed by atoms with Crippen LogP contribution in [-0.2, 0) is 4.74 Å². The van der Waals surface area contributed by atoms with E-state index < -0.39 is 0 Å². The molecule has 1 heterocycles. The highest BCUT2D eigenvalue weighted by molar-refractivity contribution is 5.33. The molecule has 1 aliphatic rings. The van der Waals surface area contributed by atoms with E-state index in [-0.39, 0.29) is 23.5 Å². The van der Waals surface area contributed by atoms with E-state index in [1.807, 2.05) is 0 Å². The first-order valence-corrected chi connectivity index (χ1v) is 5.89. The van der Waals surface area contributed by atoms with Gasteiger partial charge in [-0.2, -0.15) is 0 Å². The van der Waals surface area contributed by atoms with Crippen molar-refractivity contribution in [3.8, 4) is 5.75 Å². The molecule has 2 rings (SSSR count). The van der Waals surface area contributed by atoms with E-state index in [0.717, 1.165) is 12.8 Å². The third-order valence-corrected chi connectivity index (χ3v) is 3.35. The maximum Gasteiger partial charge on any atom is 0.169 e. The molecule has 3 nitrogen and oxygen atoms in total. The van der Waals surface area contributed by atoms with E-state index >= 15 is 0 Å². The SMILES string of the molecule is COc1cccc([C@@H](N)C2CCOCC2)c1F. The summed E-state index contributed by atoms with van der Waals surface area (Å²) < 4.78 is 24.3. The van der Waals surface area contributed by atoms with Gasteiger partial charge in [0.05, 0.1) is 7.11 Å². The van der Waals surface area contributed by atoms with Crippen molar-refractivity contribution in [3.63, 3.8) is 0 Å². The predicted molar refractivity (Wildman–Crippen MR) is 63.4 cm³/mol. The van der Waals surface area contributed by atoms with Crippen LogP contribution in [0.1, 0.15) is 24.4 Å². The fourth-order valence-corrected chi connectivity index (χ4v) is 2.27. The Bertz CT molecular complexity index is 378. The number of halogens is 1. The zero-order valence-corrected chi connectivity index (χ0v) is 9.99. The van der Waals surface area contributed by atoms with Crippen LogP contribution < -0.4 is 10.5 Å². The zero-order chi connectivity index (χ0) is 12.3. The van der Waals surface area contributed by atoms with Crippen molar-refractivity contribution < 1.29 is 13.9 Å². The number of methoxy groups -OCH3 is 1. The second-order valence-corrected chi connectivity index (χ2v) is 4.34. The van der Waals surface area contributed by atoms with E-state index in [1.165, 1.54) is 7.11 Å². The fourth-order valence-electron chi connectivity index (χ4n) is 2.27. The summed E-state index contributed by atoms with van der Waals surface area (Å²) in [5.41, 5.74) is 6.68. The number of hydrogen-bond donors (Lipinski definition) is 1. The van der Waals surface area contributed by atoms with Gasteiger partial charge in [-0.1, -0.05) is 12.1 Å². The maximum absolute atomic E-state index is 14.0. The van der Waals surface area contributed by atoms with E-state index in [1.54, 1.807) is 18.2 Å². The first-order valence-electron chi connectivity index (χ1n) is 5.89. The highest BCUT2D eigenvalue weighted by Crippen LogP contribution is 2.32. The van der Waals surface area contributed by atoms with Gasteiger partial charge in [0.15, 0.2) is 11.6 Å². The molecular formula is C13H18FNO2. The molecule has 0 saturated carbocycles. The molecule has 1 aromatic carbocycles. The third kappa shape index (κ3) is 2.58. The van der Waals surface area contributed by atoms with E-state index in [4.69, 9.17) is 15.2 Å².